The summed E-state index contributed by atoms with van der Waals surface area (Å²) in [6.07, 6.45) is 1.93. The molecule has 3 fully saturated rings. The molecule has 1 aromatic carbocycles. The molecule has 0 radical (unpaired) electrons. The van der Waals surface area contributed by atoms with E-state index in [1.807, 2.05) is 6.33 Å². The normalized spacial score (nSPS) is 28.1. The lowest BCUT2D eigenvalue weighted by atomic mass is 10.1. The van der Waals surface area contributed by atoms with Crippen LogP contribution in [0.25, 0.3) is 11.0 Å². The van der Waals surface area contributed by atoms with Gasteiger partial charge in [-0.25, -0.2) is 4.98 Å². The second kappa shape index (κ2) is 10.1. The van der Waals surface area contributed by atoms with E-state index in [1.165, 1.54) is 16.6 Å². The van der Waals surface area contributed by atoms with Crippen LogP contribution in [0.1, 0.15) is 17.5 Å². The zero-order valence-corrected chi connectivity index (χ0v) is 19.9. The Morgan fingerprint density at radius 3 is 2.64 bits per heavy atom. The highest BCUT2D eigenvalue weighted by atomic mass is 35.5. The molecule has 3 aliphatic rings. The Labute approximate surface area is 199 Å². The monoisotopic (exact) mass is 481 g/mol. The minimum Gasteiger partial charge on any atom is -0.371 e. The van der Waals surface area contributed by atoms with Crippen LogP contribution < -0.4 is 0 Å². The second-order valence-electron chi connectivity index (χ2n) is 9.08. The molecule has 0 unspecified atom stereocenters. The summed E-state index contributed by atoms with van der Waals surface area (Å²) >= 11 is 0. The molecule has 3 saturated heterocycles. The third-order valence-electron chi connectivity index (χ3n) is 7.26. The van der Waals surface area contributed by atoms with Gasteiger partial charge in [0.1, 0.15) is 12.2 Å². The van der Waals surface area contributed by atoms with Crippen molar-refractivity contribution in [3.63, 3.8) is 0 Å². The van der Waals surface area contributed by atoms with Crippen LogP contribution in [0.3, 0.4) is 0 Å². The first-order valence-corrected chi connectivity index (χ1v) is 11.4. The molecular formula is C22H32ClN5O5. The largest absolute Gasteiger partial charge is 0.371 e. The van der Waals surface area contributed by atoms with E-state index >= 15 is 0 Å². The van der Waals surface area contributed by atoms with Crippen LogP contribution >= 0.6 is 12.4 Å². The van der Waals surface area contributed by atoms with Crippen LogP contribution in [0.2, 0.25) is 0 Å². The van der Waals surface area contributed by atoms with Crippen LogP contribution in [0, 0.1) is 24.0 Å². The van der Waals surface area contributed by atoms with Crippen molar-refractivity contribution in [2.75, 3.05) is 45.9 Å². The quantitative estimate of drug-likeness (QED) is 0.436. The molecule has 0 spiro atoms. The number of piperazine rings is 1. The first kappa shape index (κ1) is 24.2. The third kappa shape index (κ3) is 4.81. The zero-order chi connectivity index (χ0) is 22.2. The van der Waals surface area contributed by atoms with Gasteiger partial charge in [0.2, 0.25) is 0 Å². The number of nitrogens with zero attached hydrogens (tertiary/aromatic N) is 5. The first-order chi connectivity index (χ1) is 15.5. The molecule has 0 aliphatic carbocycles. The van der Waals surface area contributed by atoms with Crippen molar-refractivity contribution >= 4 is 23.4 Å². The van der Waals surface area contributed by atoms with Crippen molar-refractivity contribution in [1.82, 2.24) is 19.4 Å². The summed E-state index contributed by atoms with van der Waals surface area (Å²) in [4.78, 5) is 24.9. The summed E-state index contributed by atoms with van der Waals surface area (Å²) in [7, 11) is 0. The van der Waals surface area contributed by atoms with Crippen LogP contribution in [0.4, 0.5) is 0 Å². The van der Waals surface area contributed by atoms with E-state index in [0.717, 1.165) is 51.2 Å². The van der Waals surface area contributed by atoms with Gasteiger partial charge >= 0.3 is 0 Å². The third-order valence-corrected chi connectivity index (χ3v) is 7.26. The Kier molecular flexibility index (Phi) is 7.40. The number of halogens is 1. The number of aryl methyl sites for hydroxylation is 3. The smallest absolute Gasteiger partial charge is 0.294 e. The predicted octanol–water partition coefficient (Wildman–Crippen LogP) is 1.83. The second-order valence-corrected chi connectivity index (χ2v) is 9.08. The minimum atomic E-state index is -0.749. The molecule has 11 heteroatoms. The fourth-order valence-corrected chi connectivity index (χ4v) is 5.35. The standard InChI is InChI=1S/C22H31N5O5.ClH/c1-15-4-5-17-20(16(15)2)26(14-23-17)7-3-6-24-8-10-25(11-9-24)18-12-30-22-19(32-27(28)29)13-31-21(18)22;/h4-5,14,18-19,21-22H,3,6-13H2,1-2H3;1H/t18-,19-,21+,22+;/m0./s1. The molecule has 182 valence electrons. The Bertz CT molecular complexity index is 979. The van der Waals surface area contributed by atoms with E-state index in [4.69, 9.17) is 14.3 Å². The van der Waals surface area contributed by atoms with Crippen molar-refractivity contribution in [2.45, 2.75) is 51.2 Å². The molecule has 5 rings (SSSR count). The molecule has 2 aromatic rings. The topological polar surface area (TPSA) is 95.1 Å². The maximum Gasteiger partial charge on any atom is 0.294 e. The number of ether oxygens (including phenoxy) is 2. The number of hydrogen-bond donors (Lipinski definition) is 0. The lowest BCUT2D eigenvalue weighted by molar-refractivity contribution is -0.769. The molecule has 10 nitrogen and oxygen atoms in total. The van der Waals surface area contributed by atoms with Gasteiger partial charge in [0.05, 0.1) is 36.6 Å². The number of imidazole rings is 1. The molecule has 33 heavy (non-hydrogen) atoms. The summed E-state index contributed by atoms with van der Waals surface area (Å²) in [6.45, 7) is 11.0. The highest BCUT2D eigenvalue weighted by molar-refractivity contribution is 5.85. The van der Waals surface area contributed by atoms with Crippen LogP contribution in [-0.2, 0) is 20.9 Å². The van der Waals surface area contributed by atoms with Crippen LogP contribution in [0.5, 0.6) is 0 Å². The molecule has 0 N–H and O–H groups in total. The molecule has 1 aromatic heterocycles. The van der Waals surface area contributed by atoms with E-state index in [1.54, 1.807) is 0 Å². The van der Waals surface area contributed by atoms with Gasteiger partial charge in [-0.1, -0.05) is 6.07 Å². The molecule has 0 amide bonds. The molecular weight excluding hydrogens is 450 g/mol. The number of rotatable bonds is 7. The average molecular weight is 482 g/mol. The number of fused-ring (bicyclic) bond motifs is 2. The average Bonchev–Trinajstić information content (AvgIpc) is 3.48. The van der Waals surface area contributed by atoms with Gasteiger partial charge in [-0.15, -0.1) is 22.5 Å². The lowest BCUT2D eigenvalue weighted by Crippen LogP contribution is -2.54. The van der Waals surface area contributed by atoms with Gasteiger partial charge in [0, 0.05) is 32.7 Å². The van der Waals surface area contributed by atoms with E-state index in [0.29, 0.717) is 6.61 Å². The van der Waals surface area contributed by atoms with Crippen LogP contribution in [0.15, 0.2) is 18.5 Å². The predicted molar refractivity (Wildman–Crippen MR) is 124 cm³/mol. The van der Waals surface area contributed by atoms with Crippen LogP contribution in [-0.4, -0.2) is 94.7 Å². The van der Waals surface area contributed by atoms with Crippen molar-refractivity contribution in [2.24, 2.45) is 0 Å². The summed E-state index contributed by atoms with van der Waals surface area (Å²) in [5.41, 5.74) is 4.93. The maximum absolute atomic E-state index is 10.7. The van der Waals surface area contributed by atoms with Crippen molar-refractivity contribution in [1.29, 1.82) is 0 Å². The Morgan fingerprint density at radius 1 is 1.12 bits per heavy atom. The number of aromatic nitrogens is 2. The molecule has 4 heterocycles. The summed E-state index contributed by atoms with van der Waals surface area (Å²) in [5.74, 6) is 0. The van der Waals surface area contributed by atoms with E-state index in [-0.39, 0.29) is 37.3 Å². The van der Waals surface area contributed by atoms with E-state index in [9.17, 15) is 10.1 Å². The molecule has 0 bridgehead atoms. The Hall–Kier alpha value is -1.98. The number of benzene rings is 1. The van der Waals surface area contributed by atoms with Gasteiger partial charge in [-0.3, -0.25) is 4.90 Å². The lowest BCUT2D eigenvalue weighted by Gasteiger charge is -2.38. The fraction of sp³-hybridized carbons (Fsp3) is 0.682. The first-order valence-electron chi connectivity index (χ1n) is 11.4. The van der Waals surface area contributed by atoms with Crippen molar-refractivity contribution in [3.05, 3.63) is 39.7 Å². The van der Waals surface area contributed by atoms with Gasteiger partial charge in [0.25, 0.3) is 5.09 Å². The summed E-state index contributed by atoms with van der Waals surface area (Å²) in [5, 5.41) is 9.92. The van der Waals surface area contributed by atoms with Gasteiger partial charge in [0.15, 0.2) is 6.10 Å². The molecule has 4 atom stereocenters. The SMILES string of the molecule is Cc1ccc2ncn(CCCN3CCN([C@H]4CO[C@H]5[C@@H]4OC[C@@H]5O[N+](=O)[O-])CC3)c2c1C.Cl. The van der Waals surface area contributed by atoms with Gasteiger partial charge in [-0.2, -0.15) is 0 Å². The number of hydrogen-bond acceptors (Lipinski definition) is 8. The van der Waals surface area contributed by atoms with E-state index < -0.39 is 11.2 Å². The van der Waals surface area contributed by atoms with Crippen molar-refractivity contribution in [3.8, 4) is 0 Å². The molecule has 0 saturated carbocycles. The van der Waals surface area contributed by atoms with E-state index in [2.05, 4.69) is 45.3 Å². The summed E-state index contributed by atoms with van der Waals surface area (Å²) < 4.78 is 13.9. The highest BCUT2D eigenvalue weighted by Gasteiger charge is 2.51. The highest BCUT2D eigenvalue weighted by Crippen LogP contribution is 2.32. The minimum absolute atomic E-state index is 0. The Morgan fingerprint density at radius 2 is 1.88 bits per heavy atom. The Balaban J connectivity index is 0.00000259. The zero-order valence-electron chi connectivity index (χ0n) is 19.1. The van der Waals surface area contributed by atoms with Gasteiger partial charge in [-0.05, 0) is 44.0 Å². The molecule has 3 aliphatic heterocycles. The maximum atomic E-state index is 10.7. The van der Waals surface area contributed by atoms with Crippen molar-refractivity contribution < 1.29 is 19.4 Å². The summed E-state index contributed by atoms with van der Waals surface area (Å²) in [6, 6.07) is 4.38. The van der Waals surface area contributed by atoms with Gasteiger partial charge < -0.3 is 23.8 Å². The fourth-order valence-electron chi connectivity index (χ4n) is 5.35.